The number of thioether (sulfide) groups is 1. The predicted molar refractivity (Wildman–Crippen MR) is 76.3 cm³/mol. The number of rotatable bonds is 3. The highest BCUT2D eigenvalue weighted by atomic mass is 79.9. The number of nitrogens with zero attached hydrogens (tertiary/aromatic N) is 2. The molecule has 1 N–H and O–H groups in total. The van der Waals surface area contributed by atoms with E-state index < -0.39 is 5.82 Å². The number of ether oxygens (including phenoxy) is 1. The van der Waals surface area contributed by atoms with Crippen molar-refractivity contribution < 1.29 is 13.9 Å². The normalized spacial score (nSPS) is 17.2. The quantitative estimate of drug-likeness (QED) is 0.674. The Balaban J connectivity index is 2.21. The van der Waals surface area contributed by atoms with Crippen LogP contribution in [0.2, 0.25) is 0 Å². The highest BCUT2D eigenvalue weighted by Gasteiger charge is 2.16. The van der Waals surface area contributed by atoms with Gasteiger partial charge in [-0.25, -0.2) is 4.39 Å². The van der Waals surface area contributed by atoms with Crippen LogP contribution in [0, 0.1) is 5.82 Å². The summed E-state index contributed by atoms with van der Waals surface area (Å²) in [4.78, 5) is 10.9. The van der Waals surface area contributed by atoms with Gasteiger partial charge in [0.1, 0.15) is 11.6 Å². The molecule has 2 rings (SSSR count). The number of amides is 1. The molecule has 1 aromatic rings. The van der Waals surface area contributed by atoms with Crippen LogP contribution < -0.4 is 10.1 Å². The molecule has 19 heavy (non-hydrogen) atoms. The van der Waals surface area contributed by atoms with E-state index in [9.17, 15) is 9.18 Å². The van der Waals surface area contributed by atoms with Gasteiger partial charge in [-0.1, -0.05) is 11.8 Å². The van der Waals surface area contributed by atoms with E-state index in [4.69, 9.17) is 4.74 Å². The van der Waals surface area contributed by atoms with Crippen LogP contribution in [-0.4, -0.2) is 30.2 Å². The molecule has 0 atom stereocenters. The number of benzene rings is 1. The molecular formula is C11H9BrFN3O2S. The van der Waals surface area contributed by atoms with Gasteiger partial charge in [0.25, 0.3) is 0 Å². The average molecular weight is 346 g/mol. The number of hydrogen-bond acceptors (Lipinski definition) is 5. The lowest BCUT2D eigenvalue weighted by Crippen LogP contribution is -2.19. The van der Waals surface area contributed by atoms with Crippen LogP contribution in [0.1, 0.15) is 5.56 Å². The molecule has 1 saturated heterocycles. The second-order valence-corrected chi connectivity index (χ2v) is 5.22. The zero-order valence-electron chi connectivity index (χ0n) is 9.81. The second-order valence-electron chi connectivity index (χ2n) is 3.46. The Kier molecular flexibility index (Phi) is 4.54. The smallest absolute Gasteiger partial charge is 0.236 e. The van der Waals surface area contributed by atoms with E-state index in [0.29, 0.717) is 21.1 Å². The molecule has 0 saturated carbocycles. The zero-order chi connectivity index (χ0) is 13.8. The fourth-order valence-corrected chi connectivity index (χ4v) is 2.56. The molecule has 0 aromatic heterocycles. The predicted octanol–water partition coefficient (Wildman–Crippen LogP) is 2.15. The van der Waals surface area contributed by atoms with Gasteiger partial charge in [0.15, 0.2) is 5.17 Å². The summed E-state index contributed by atoms with van der Waals surface area (Å²) in [6.07, 6.45) is 1.26. The van der Waals surface area contributed by atoms with E-state index in [0.717, 1.165) is 0 Å². The fraction of sp³-hybridized carbons (Fsp3) is 0.182. The summed E-state index contributed by atoms with van der Waals surface area (Å²) in [6, 6.07) is 2.79. The van der Waals surface area contributed by atoms with Crippen molar-refractivity contribution in [3.8, 4) is 5.75 Å². The van der Waals surface area contributed by atoms with E-state index in [2.05, 4.69) is 31.4 Å². The van der Waals surface area contributed by atoms with Gasteiger partial charge >= 0.3 is 0 Å². The lowest BCUT2D eigenvalue weighted by molar-refractivity contribution is -0.116. The largest absolute Gasteiger partial charge is 0.496 e. The first kappa shape index (κ1) is 14.0. The third-order valence-electron chi connectivity index (χ3n) is 2.23. The minimum atomic E-state index is -0.445. The molecule has 1 heterocycles. The van der Waals surface area contributed by atoms with Crippen LogP contribution in [-0.2, 0) is 4.79 Å². The second kappa shape index (κ2) is 6.16. The SMILES string of the molecule is COc1ccc(F)c(C=NN=C2NC(=O)CS2)c1Br. The molecule has 0 bridgehead atoms. The summed E-state index contributed by atoms with van der Waals surface area (Å²) < 4.78 is 19.2. The molecule has 1 aliphatic heterocycles. The van der Waals surface area contributed by atoms with Crippen molar-refractivity contribution in [1.29, 1.82) is 0 Å². The number of nitrogens with one attached hydrogen (secondary N) is 1. The van der Waals surface area contributed by atoms with Crippen LogP contribution in [0.15, 0.2) is 26.8 Å². The van der Waals surface area contributed by atoms with Crippen LogP contribution in [0.25, 0.3) is 0 Å². The van der Waals surface area contributed by atoms with Gasteiger partial charge in [-0.2, -0.15) is 5.10 Å². The number of amidine groups is 1. The molecule has 1 aromatic carbocycles. The van der Waals surface area contributed by atoms with Crippen LogP contribution in [0.4, 0.5) is 4.39 Å². The molecule has 1 amide bonds. The van der Waals surface area contributed by atoms with Gasteiger partial charge in [0.05, 0.1) is 23.5 Å². The average Bonchev–Trinajstić information content (AvgIpc) is 2.79. The first-order valence-corrected chi connectivity index (χ1v) is 6.95. The first-order chi connectivity index (χ1) is 9.11. The summed E-state index contributed by atoms with van der Waals surface area (Å²) in [7, 11) is 1.49. The summed E-state index contributed by atoms with van der Waals surface area (Å²) in [6.45, 7) is 0. The van der Waals surface area contributed by atoms with Gasteiger partial charge in [0, 0.05) is 5.56 Å². The molecule has 1 aliphatic rings. The van der Waals surface area contributed by atoms with Crippen molar-refractivity contribution in [2.24, 2.45) is 10.2 Å². The molecule has 5 nitrogen and oxygen atoms in total. The Morgan fingerprint density at radius 3 is 3.00 bits per heavy atom. The maximum absolute atomic E-state index is 13.6. The van der Waals surface area contributed by atoms with E-state index in [1.165, 1.54) is 37.2 Å². The number of carbonyl (C=O) groups is 1. The maximum Gasteiger partial charge on any atom is 0.236 e. The van der Waals surface area contributed by atoms with E-state index in [-0.39, 0.29) is 11.5 Å². The standard InChI is InChI=1S/C11H9BrFN3O2S/c1-18-8-3-2-7(13)6(10(8)12)4-14-16-11-15-9(17)5-19-11/h2-4H,5H2,1H3,(H,15,16,17). The minimum absolute atomic E-state index is 0.118. The van der Waals surface area contributed by atoms with Gasteiger partial charge in [-0.3, -0.25) is 4.79 Å². The van der Waals surface area contributed by atoms with Crippen molar-refractivity contribution in [3.05, 3.63) is 28.0 Å². The van der Waals surface area contributed by atoms with Crippen molar-refractivity contribution in [2.45, 2.75) is 0 Å². The lowest BCUT2D eigenvalue weighted by atomic mass is 10.2. The first-order valence-electron chi connectivity index (χ1n) is 5.17. The van der Waals surface area contributed by atoms with Gasteiger partial charge in [0.2, 0.25) is 5.91 Å². The molecular weight excluding hydrogens is 337 g/mol. The Labute approximate surface area is 121 Å². The molecule has 1 fully saturated rings. The molecule has 0 unspecified atom stereocenters. The maximum atomic E-state index is 13.6. The third-order valence-corrected chi connectivity index (χ3v) is 3.91. The van der Waals surface area contributed by atoms with Crippen molar-refractivity contribution in [3.63, 3.8) is 0 Å². The topological polar surface area (TPSA) is 63.1 Å². The monoisotopic (exact) mass is 345 g/mol. The van der Waals surface area contributed by atoms with Crippen molar-refractivity contribution in [2.75, 3.05) is 12.9 Å². The molecule has 8 heteroatoms. The summed E-state index contributed by atoms with van der Waals surface area (Å²) in [5.74, 6) is 0.262. The molecule has 0 radical (unpaired) electrons. The highest BCUT2D eigenvalue weighted by Crippen LogP contribution is 2.29. The Hall–Kier alpha value is -1.41. The molecule has 100 valence electrons. The Morgan fingerprint density at radius 2 is 2.37 bits per heavy atom. The minimum Gasteiger partial charge on any atom is -0.496 e. The highest BCUT2D eigenvalue weighted by molar-refractivity contribution is 9.10. The zero-order valence-corrected chi connectivity index (χ0v) is 12.2. The van der Waals surface area contributed by atoms with Crippen LogP contribution in [0.5, 0.6) is 5.75 Å². The van der Waals surface area contributed by atoms with E-state index >= 15 is 0 Å². The van der Waals surface area contributed by atoms with E-state index in [1.54, 1.807) is 0 Å². The Morgan fingerprint density at radius 1 is 1.58 bits per heavy atom. The fourth-order valence-electron chi connectivity index (χ4n) is 1.34. The lowest BCUT2D eigenvalue weighted by Gasteiger charge is -2.05. The summed E-state index contributed by atoms with van der Waals surface area (Å²) in [5, 5.41) is 10.5. The molecule has 0 spiro atoms. The Bertz CT molecular complexity index is 577. The number of halogens is 2. The number of hydrogen-bond donors (Lipinski definition) is 1. The van der Waals surface area contributed by atoms with Crippen LogP contribution in [0.3, 0.4) is 0 Å². The summed E-state index contributed by atoms with van der Waals surface area (Å²) >= 11 is 4.48. The summed E-state index contributed by atoms with van der Waals surface area (Å²) in [5.41, 5.74) is 0.234. The number of methoxy groups -OCH3 is 1. The third kappa shape index (κ3) is 3.32. The van der Waals surface area contributed by atoms with Gasteiger partial charge in [-0.05, 0) is 28.1 Å². The van der Waals surface area contributed by atoms with E-state index in [1.807, 2.05) is 0 Å². The van der Waals surface area contributed by atoms with Crippen molar-refractivity contribution in [1.82, 2.24) is 5.32 Å². The molecule has 0 aliphatic carbocycles. The van der Waals surface area contributed by atoms with Gasteiger partial charge in [-0.15, -0.1) is 5.10 Å². The van der Waals surface area contributed by atoms with Crippen molar-refractivity contribution >= 4 is 45.0 Å². The van der Waals surface area contributed by atoms with Crippen LogP contribution >= 0.6 is 27.7 Å². The van der Waals surface area contributed by atoms with Gasteiger partial charge < -0.3 is 10.1 Å². The number of carbonyl (C=O) groups excluding carboxylic acids is 1.